The highest BCUT2D eigenvalue weighted by Gasteiger charge is 2.43. The summed E-state index contributed by atoms with van der Waals surface area (Å²) in [5.74, 6) is 1.51. The molecule has 0 aliphatic heterocycles. The molecule has 0 bridgehead atoms. The van der Waals surface area contributed by atoms with E-state index in [-0.39, 0.29) is 5.41 Å². The maximum absolute atomic E-state index is 8.77. The summed E-state index contributed by atoms with van der Waals surface area (Å²) in [6, 6.07) is 8.14. The molecule has 0 N–H and O–H groups in total. The van der Waals surface area contributed by atoms with Crippen molar-refractivity contribution in [1.82, 2.24) is 0 Å². The first-order chi connectivity index (χ1) is 8.73. The molecule has 0 aromatic heterocycles. The van der Waals surface area contributed by atoms with E-state index in [9.17, 15) is 0 Å². The average molecular weight is 310 g/mol. The quantitative estimate of drug-likeness (QED) is 0.753. The normalized spacial score (nSPS) is 15.8. The van der Waals surface area contributed by atoms with Crippen molar-refractivity contribution in [3.05, 3.63) is 23.8 Å². The van der Waals surface area contributed by atoms with E-state index in [1.54, 1.807) is 7.11 Å². The van der Waals surface area contributed by atoms with Gasteiger partial charge in [0.25, 0.3) is 0 Å². The van der Waals surface area contributed by atoms with Gasteiger partial charge in [0, 0.05) is 17.2 Å². The molecule has 0 heterocycles. The van der Waals surface area contributed by atoms with Crippen molar-refractivity contribution >= 4 is 15.9 Å². The van der Waals surface area contributed by atoms with Crippen molar-refractivity contribution in [2.45, 2.75) is 24.6 Å². The fraction of sp³-hybridized carbons (Fsp3) is 0.500. The molecule has 0 unspecified atom stereocenters. The third kappa shape index (κ3) is 2.97. The van der Waals surface area contributed by atoms with Gasteiger partial charge in [-0.2, -0.15) is 5.26 Å². The Morgan fingerprint density at radius 1 is 1.39 bits per heavy atom. The Bertz CT molecular complexity index is 463. The van der Waals surface area contributed by atoms with Crippen molar-refractivity contribution in [3.8, 4) is 17.6 Å². The first kappa shape index (κ1) is 13.2. The summed E-state index contributed by atoms with van der Waals surface area (Å²) in [5, 5.41) is 9.57. The summed E-state index contributed by atoms with van der Waals surface area (Å²) in [5.41, 5.74) is 1.24. The smallest absolute Gasteiger partial charge is 0.161 e. The van der Waals surface area contributed by atoms with Gasteiger partial charge < -0.3 is 9.47 Å². The Morgan fingerprint density at radius 2 is 2.17 bits per heavy atom. The molecule has 0 saturated heterocycles. The van der Waals surface area contributed by atoms with Crippen molar-refractivity contribution < 1.29 is 9.47 Å². The second kappa shape index (κ2) is 5.62. The van der Waals surface area contributed by atoms with E-state index in [0.717, 1.165) is 35.2 Å². The summed E-state index contributed by atoms with van der Waals surface area (Å²) in [6.45, 7) is 0.602. The van der Waals surface area contributed by atoms with Gasteiger partial charge in [0.1, 0.15) is 0 Å². The number of halogens is 1. The van der Waals surface area contributed by atoms with Gasteiger partial charge in [0.05, 0.1) is 19.8 Å². The minimum absolute atomic E-state index is 0.0911. The molecule has 0 spiro atoms. The van der Waals surface area contributed by atoms with Gasteiger partial charge in [-0.15, -0.1) is 0 Å². The standard InChI is InChI=1S/C14H16BrNO2/c1-17-13-8-11(9-15)2-3-12(13)18-10-14(4-5-14)6-7-16/h2-3,8H,4-6,9-10H2,1H3. The summed E-state index contributed by atoms with van der Waals surface area (Å²) in [4.78, 5) is 0. The molecule has 1 saturated carbocycles. The fourth-order valence-corrected chi connectivity index (χ4v) is 2.21. The number of ether oxygens (including phenoxy) is 2. The molecule has 2 rings (SSSR count). The Balaban J connectivity index is 2.03. The SMILES string of the molecule is COc1cc(CBr)ccc1OCC1(CC#N)CC1. The Hall–Kier alpha value is -1.21. The van der Waals surface area contributed by atoms with Crippen LogP contribution in [0.3, 0.4) is 0 Å². The zero-order valence-corrected chi connectivity index (χ0v) is 12.0. The van der Waals surface area contributed by atoms with E-state index in [2.05, 4.69) is 22.0 Å². The Morgan fingerprint density at radius 3 is 2.72 bits per heavy atom. The molecule has 1 aliphatic rings. The summed E-state index contributed by atoms with van der Waals surface area (Å²) < 4.78 is 11.1. The van der Waals surface area contributed by atoms with Crippen molar-refractivity contribution in [2.24, 2.45) is 5.41 Å². The van der Waals surface area contributed by atoms with Gasteiger partial charge in [-0.1, -0.05) is 22.0 Å². The van der Waals surface area contributed by atoms with Crippen LogP contribution in [-0.2, 0) is 5.33 Å². The lowest BCUT2D eigenvalue weighted by atomic mass is 10.1. The van der Waals surface area contributed by atoms with Gasteiger partial charge >= 0.3 is 0 Å². The summed E-state index contributed by atoms with van der Waals surface area (Å²) in [7, 11) is 1.64. The molecular weight excluding hydrogens is 294 g/mol. The first-order valence-electron chi connectivity index (χ1n) is 5.96. The minimum atomic E-state index is 0.0911. The van der Waals surface area contributed by atoms with Crippen molar-refractivity contribution in [3.63, 3.8) is 0 Å². The lowest BCUT2D eigenvalue weighted by molar-refractivity contribution is 0.227. The molecule has 0 atom stereocenters. The number of rotatable bonds is 6. The van der Waals surface area contributed by atoms with Crippen LogP contribution in [0.4, 0.5) is 0 Å². The van der Waals surface area contributed by atoms with E-state index in [0.29, 0.717) is 13.0 Å². The number of nitriles is 1. The second-order valence-electron chi connectivity index (χ2n) is 4.74. The van der Waals surface area contributed by atoms with Gasteiger partial charge in [0.2, 0.25) is 0 Å². The molecule has 4 heteroatoms. The molecule has 1 aromatic rings. The zero-order chi connectivity index (χ0) is 13.0. The fourth-order valence-electron chi connectivity index (χ4n) is 1.86. The predicted molar refractivity (Wildman–Crippen MR) is 73.0 cm³/mol. The molecule has 1 fully saturated rings. The number of hydrogen-bond acceptors (Lipinski definition) is 3. The number of alkyl halides is 1. The van der Waals surface area contributed by atoms with Crippen LogP contribution in [0.2, 0.25) is 0 Å². The highest BCUT2D eigenvalue weighted by molar-refractivity contribution is 9.08. The molecule has 3 nitrogen and oxygen atoms in total. The highest BCUT2D eigenvalue weighted by Crippen LogP contribution is 2.49. The first-order valence-corrected chi connectivity index (χ1v) is 7.08. The number of hydrogen-bond donors (Lipinski definition) is 0. The van der Waals surface area contributed by atoms with Crippen LogP contribution < -0.4 is 9.47 Å². The van der Waals surface area contributed by atoms with Gasteiger partial charge in [-0.25, -0.2) is 0 Å². The number of benzene rings is 1. The third-order valence-corrected chi connectivity index (χ3v) is 3.97. The van der Waals surface area contributed by atoms with Crippen LogP contribution in [0, 0.1) is 16.7 Å². The minimum Gasteiger partial charge on any atom is -0.493 e. The topological polar surface area (TPSA) is 42.2 Å². The highest BCUT2D eigenvalue weighted by atomic mass is 79.9. The van der Waals surface area contributed by atoms with Crippen LogP contribution in [0.15, 0.2) is 18.2 Å². The molecule has 1 aromatic carbocycles. The van der Waals surface area contributed by atoms with Crippen LogP contribution in [0.5, 0.6) is 11.5 Å². The van der Waals surface area contributed by atoms with E-state index in [1.807, 2.05) is 18.2 Å². The largest absolute Gasteiger partial charge is 0.493 e. The summed E-state index contributed by atoms with van der Waals surface area (Å²) in [6.07, 6.45) is 2.75. The van der Waals surface area contributed by atoms with Crippen LogP contribution in [0.25, 0.3) is 0 Å². The van der Waals surface area contributed by atoms with Crippen LogP contribution >= 0.6 is 15.9 Å². The molecule has 18 heavy (non-hydrogen) atoms. The zero-order valence-electron chi connectivity index (χ0n) is 10.4. The maximum atomic E-state index is 8.77. The van der Waals surface area contributed by atoms with Crippen LogP contribution in [0.1, 0.15) is 24.8 Å². The van der Waals surface area contributed by atoms with Crippen LogP contribution in [-0.4, -0.2) is 13.7 Å². The van der Waals surface area contributed by atoms with Crippen molar-refractivity contribution in [1.29, 1.82) is 5.26 Å². The molecular formula is C14H16BrNO2. The monoisotopic (exact) mass is 309 g/mol. The van der Waals surface area contributed by atoms with E-state index >= 15 is 0 Å². The lowest BCUT2D eigenvalue weighted by Crippen LogP contribution is -2.12. The van der Waals surface area contributed by atoms with Gasteiger partial charge in [-0.05, 0) is 30.5 Å². The van der Waals surface area contributed by atoms with E-state index < -0.39 is 0 Å². The van der Waals surface area contributed by atoms with E-state index in [4.69, 9.17) is 14.7 Å². The maximum Gasteiger partial charge on any atom is 0.161 e. The predicted octanol–water partition coefficient (Wildman–Crippen LogP) is 3.66. The Labute approximate surface area is 116 Å². The third-order valence-electron chi connectivity index (χ3n) is 3.33. The Kier molecular flexibility index (Phi) is 4.13. The van der Waals surface area contributed by atoms with E-state index in [1.165, 1.54) is 0 Å². The number of nitrogens with zero attached hydrogens (tertiary/aromatic N) is 1. The second-order valence-corrected chi connectivity index (χ2v) is 5.30. The summed E-state index contributed by atoms with van der Waals surface area (Å²) >= 11 is 3.41. The lowest BCUT2D eigenvalue weighted by Gasteiger charge is -2.15. The number of methoxy groups -OCH3 is 1. The molecule has 1 aliphatic carbocycles. The van der Waals surface area contributed by atoms with Gasteiger partial charge in [-0.3, -0.25) is 0 Å². The van der Waals surface area contributed by atoms with Gasteiger partial charge in [0.15, 0.2) is 11.5 Å². The molecule has 0 radical (unpaired) electrons. The van der Waals surface area contributed by atoms with Crippen molar-refractivity contribution in [2.75, 3.05) is 13.7 Å². The molecule has 0 amide bonds. The average Bonchev–Trinajstić information content (AvgIpc) is 3.17. The molecule has 96 valence electrons.